The lowest BCUT2D eigenvalue weighted by molar-refractivity contribution is -0.127. The third-order valence-electron chi connectivity index (χ3n) is 5.99. The van der Waals surface area contributed by atoms with Gasteiger partial charge in [-0.1, -0.05) is 62.4 Å². The van der Waals surface area contributed by atoms with E-state index in [2.05, 4.69) is 16.0 Å². The lowest BCUT2D eigenvalue weighted by Crippen LogP contribution is -2.56. The van der Waals surface area contributed by atoms with Gasteiger partial charge in [-0.05, 0) is 43.4 Å². The van der Waals surface area contributed by atoms with Gasteiger partial charge in [0.2, 0.25) is 11.8 Å². The van der Waals surface area contributed by atoms with E-state index in [1.165, 1.54) is 11.9 Å². The van der Waals surface area contributed by atoms with E-state index in [4.69, 9.17) is 4.74 Å². The van der Waals surface area contributed by atoms with Crippen molar-refractivity contribution in [2.45, 2.75) is 58.1 Å². The SMILES string of the molecule is CNC(=O)[C@H](C)N(C(=O)[C@H](CC(C)C)NC(CCNC(=O)OCc1ccccc1)P(=O)(O)O)c1ccccc1. The Morgan fingerprint density at radius 1 is 0.974 bits per heavy atom. The van der Waals surface area contributed by atoms with Crippen molar-refractivity contribution in [1.29, 1.82) is 0 Å². The van der Waals surface area contributed by atoms with Crippen molar-refractivity contribution >= 4 is 31.2 Å². The third kappa shape index (κ3) is 10.4. The smallest absolute Gasteiger partial charge is 0.407 e. The van der Waals surface area contributed by atoms with Gasteiger partial charge in [-0.25, -0.2) is 4.79 Å². The zero-order valence-electron chi connectivity index (χ0n) is 22.7. The van der Waals surface area contributed by atoms with Crippen molar-refractivity contribution in [2.75, 3.05) is 18.5 Å². The van der Waals surface area contributed by atoms with Gasteiger partial charge in [-0.2, -0.15) is 0 Å². The highest BCUT2D eigenvalue weighted by atomic mass is 31.2. The Morgan fingerprint density at radius 2 is 1.56 bits per heavy atom. The molecule has 3 atom stereocenters. The number of amides is 3. The first kappa shape index (κ1) is 32.0. The highest BCUT2D eigenvalue weighted by Gasteiger charge is 2.37. The molecule has 0 radical (unpaired) electrons. The Morgan fingerprint density at radius 3 is 2.10 bits per heavy atom. The van der Waals surface area contributed by atoms with Gasteiger partial charge in [0.15, 0.2) is 0 Å². The minimum absolute atomic E-state index is 0.0112. The highest BCUT2D eigenvalue weighted by Crippen LogP contribution is 2.41. The lowest BCUT2D eigenvalue weighted by Gasteiger charge is -2.34. The fourth-order valence-corrected chi connectivity index (χ4v) is 4.84. The molecule has 0 bridgehead atoms. The fraction of sp³-hybridized carbons (Fsp3) is 0.444. The molecule has 0 aromatic heterocycles. The summed E-state index contributed by atoms with van der Waals surface area (Å²) in [5.41, 5.74) is 1.27. The second-order valence-electron chi connectivity index (χ2n) is 9.56. The molecule has 0 heterocycles. The van der Waals surface area contributed by atoms with Crippen LogP contribution in [0.2, 0.25) is 0 Å². The summed E-state index contributed by atoms with van der Waals surface area (Å²) < 4.78 is 17.5. The zero-order chi connectivity index (χ0) is 29.0. The number of nitrogens with zero attached hydrogens (tertiary/aromatic N) is 1. The molecule has 2 rings (SSSR count). The number of carbonyl (C=O) groups is 3. The number of anilines is 1. The minimum Gasteiger partial charge on any atom is -0.445 e. The summed E-state index contributed by atoms with van der Waals surface area (Å²) in [6, 6.07) is 15.8. The molecule has 0 spiro atoms. The molecule has 0 saturated carbocycles. The first-order valence-corrected chi connectivity index (χ1v) is 14.5. The van der Waals surface area contributed by atoms with Crippen molar-refractivity contribution in [3.8, 4) is 0 Å². The predicted molar refractivity (Wildman–Crippen MR) is 149 cm³/mol. The van der Waals surface area contributed by atoms with Crippen molar-refractivity contribution in [1.82, 2.24) is 16.0 Å². The van der Waals surface area contributed by atoms with Crippen LogP contribution in [-0.4, -0.2) is 59.2 Å². The molecule has 11 nitrogen and oxygen atoms in total. The van der Waals surface area contributed by atoms with Crippen LogP contribution in [0.15, 0.2) is 60.7 Å². The summed E-state index contributed by atoms with van der Waals surface area (Å²) in [7, 11) is -3.27. The molecule has 0 aliphatic heterocycles. The molecule has 39 heavy (non-hydrogen) atoms. The van der Waals surface area contributed by atoms with Gasteiger partial charge >= 0.3 is 13.7 Å². The molecule has 0 fully saturated rings. The molecular formula is C27H39N4O7P. The first-order valence-electron chi connectivity index (χ1n) is 12.8. The normalized spacial score (nSPS) is 13.7. The lowest BCUT2D eigenvalue weighted by atomic mass is 10.0. The average Bonchev–Trinajstić information content (AvgIpc) is 2.90. The molecule has 2 aromatic carbocycles. The quantitative estimate of drug-likeness (QED) is 0.220. The number of para-hydroxylation sites is 1. The van der Waals surface area contributed by atoms with Gasteiger partial charge in [0.1, 0.15) is 18.4 Å². The standard InChI is InChI=1S/C27H39N4O7P/c1-19(2)17-23(26(33)31(20(3)25(32)28-4)22-13-9-6-10-14-22)30-24(39(35,36)37)15-16-29-27(34)38-18-21-11-7-5-8-12-21/h5-14,19-20,23-24,30H,15-18H2,1-4H3,(H,28,32)(H,29,34)(H2,35,36,37)/t20-,23-,24?/m0/s1. The Bertz CT molecular complexity index is 1110. The van der Waals surface area contributed by atoms with E-state index in [1.807, 2.05) is 32.0 Å². The van der Waals surface area contributed by atoms with E-state index in [-0.39, 0.29) is 37.8 Å². The number of nitrogens with one attached hydrogen (secondary N) is 3. The molecule has 214 valence electrons. The Kier molecular flexibility index (Phi) is 12.6. The number of ether oxygens (including phenoxy) is 1. The number of benzene rings is 2. The predicted octanol–water partition coefficient (Wildman–Crippen LogP) is 2.98. The summed E-state index contributed by atoms with van der Waals surface area (Å²) in [6.07, 6.45) is -0.637. The van der Waals surface area contributed by atoms with Crippen molar-refractivity contribution in [3.63, 3.8) is 0 Å². The van der Waals surface area contributed by atoms with Gasteiger partial charge in [-0.15, -0.1) is 0 Å². The summed E-state index contributed by atoms with van der Waals surface area (Å²) in [5.74, 6) is -2.32. The fourth-order valence-electron chi connectivity index (χ4n) is 4.00. The highest BCUT2D eigenvalue weighted by molar-refractivity contribution is 7.52. The maximum Gasteiger partial charge on any atom is 0.407 e. The van der Waals surface area contributed by atoms with Gasteiger partial charge in [-0.3, -0.25) is 24.4 Å². The van der Waals surface area contributed by atoms with Gasteiger partial charge in [0.05, 0.1) is 6.04 Å². The van der Waals surface area contributed by atoms with Crippen LogP contribution in [0.25, 0.3) is 0 Å². The molecule has 5 N–H and O–H groups in total. The monoisotopic (exact) mass is 562 g/mol. The minimum atomic E-state index is -4.74. The topological polar surface area (TPSA) is 157 Å². The molecule has 0 saturated heterocycles. The summed E-state index contributed by atoms with van der Waals surface area (Å²) >= 11 is 0. The Balaban J connectivity index is 2.17. The molecule has 3 amide bonds. The summed E-state index contributed by atoms with van der Waals surface area (Å²) in [4.78, 5) is 59.9. The number of likely N-dealkylation sites (N-methyl/N-ethyl adjacent to an activating group) is 1. The number of rotatable bonds is 14. The van der Waals surface area contributed by atoms with Gasteiger partial charge < -0.3 is 25.2 Å². The van der Waals surface area contributed by atoms with Crippen molar-refractivity contribution < 1.29 is 33.5 Å². The second-order valence-corrected chi connectivity index (χ2v) is 11.4. The first-order chi connectivity index (χ1) is 18.4. The van der Waals surface area contributed by atoms with E-state index in [9.17, 15) is 28.7 Å². The third-order valence-corrected chi connectivity index (χ3v) is 7.21. The van der Waals surface area contributed by atoms with Crippen molar-refractivity contribution in [3.05, 3.63) is 66.2 Å². The van der Waals surface area contributed by atoms with Crippen molar-refractivity contribution in [2.24, 2.45) is 5.92 Å². The molecule has 12 heteroatoms. The molecule has 0 aliphatic rings. The summed E-state index contributed by atoms with van der Waals surface area (Å²) in [5, 5.41) is 7.88. The second kappa shape index (κ2) is 15.4. The van der Waals surface area contributed by atoms with E-state index in [1.54, 1.807) is 49.4 Å². The van der Waals surface area contributed by atoms with Crippen LogP contribution in [0, 0.1) is 5.92 Å². The molecule has 0 aliphatic carbocycles. The molecule has 1 unspecified atom stereocenters. The average molecular weight is 563 g/mol. The van der Waals surface area contributed by atoms with Crippen LogP contribution in [0.5, 0.6) is 0 Å². The van der Waals surface area contributed by atoms with E-state index in [0.29, 0.717) is 5.69 Å². The molecular weight excluding hydrogens is 523 g/mol. The Hall–Kier alpha value is -3.24. The van der Waals surface area contributed by atoms with Crippen LogP contribution < -0.4 is 20.9 Å². The van der Waals surface area contributed by atoms with E-state index < -0.39 is 37.5 Å². The molecule has 2 aromatic rings. The van der Waals surface area contributed by atoms with Crippen LogP contribution in [0.3, 0.4) is 0 Å². The van der Waals surface area contributed by atoms with Crippen LogP contribution >= 0.6 is 7.60 Å². The number of hydrogen-bond donors (Lipinski definition) is 5. The number of hydrogen-bond acceptors (Lipinski definition) is 6. The van der Waals surface area contributed by atoms with E-state index in [0.717, 1.165) is 5.56 Å². The maximum absolute atomic E-state index is 13.8. The van der Waals surface area contributed by atoms with E-state index >= 15 is 0 Å². The largest absolute Gasteiger partial charge is 0.445 e. The maximum atomic E-state index is 13.8. The van der Waals surface area contributed by atoms with Gasteiger partial charge in [0, 0.05) is 19.3 Å². The van der Waals surface area contributed by atoms with Crippen LogP contribution in [0.4, 0.5) is 10.5 Å². The number of alkyl carbamates (subject to hydrolysis) is 1. The zero-order valence-corrected chi connectivity index (χ0v) is 23.6. The van der Waals surface area contributed by atoms with Crippen LogP contribution in [-0.2, 0) is 25.5 Å². The van der Waals surface area contributed by atoms with Gasteiger partial charge in [0.25, 0.3) is 0 Å². The van der Waals surface area contributed by atoms with Crippen LogP contribution in [0.1, 0.15) is 39.2 Å². The number of carbonyl (C=O) groups excluding carboxylic acids is 3. The summed E-state index contributed by atoms with van der Waals surface area (Å²) in [6.45, 7) is 5.30. The Labute approximate surface area is 229 Å².